The van der Waals surface area contributed by atoms with E-state index in [0.717, 1.165) is 0 Å². The van der Waals surface area contributed by atoms with Crippen LogP contribution >= 0.6 is 0 Å². The summed E-state index contributed by atoms with van der Waals surface area (Å²) in [6.45, 7) is 3.87. The van der Waals surface area contributed by atoms with Crippen molar-refractivity contribution < 1.29 is 13.2 Å². The van der Waals surface area contributed by atoms with Gasteiger partial charge in [0.2, 0.25) is 10.0 Å². The lowest BCUT2D eigenvalue weighted by molar-refractivity contribution is 0.0727. The standard InChI is InChI=1S/C16H24N2O3S/c1-4-10-22(20,21)17-15-7-5-6-14(11-15)16(19)18(3)12(2)13-8-9-13/h5-7,11-13,17H,4,8-10H2,1-3H3. The van der Waals surface area contributed by atoms with Gasteiger partial charge in [-0.25, -0.2) is 8.42 Å². The van der Waals surface area contributed by atoms with Crippen LogP contribution in [-0.4, -0.2) is 38.1 Å². The van der Waals surface area contributed by atoms with Crippen LogP contribution in [0.4, 0.5) is 5.69 Å². The first-order valence-corrected chi connectivity index (χ1v) is 9.37. The van der Waals surface area contributed by atoms with Crippen LogP contribution in [0.15, 0.2) is 24.3 Å². The van der Waals surface area contributed by atoms with Gasteiger partial charge in [0.1, 0.15) is 0 Å². The summed E-state index contributed by atoms with van der Waals surface area (Å²) in [7, 11) is -1.54. The van der Waals surface area contributed by atoms with Gasteiger partial charge in [-0.15, -0.1) is 0 Å². The minimum atomic E-state index is -3.34. The number of carbonyl (C=O) groups excluding carboxylic acids is 1. The van der Waals surface area contributed by atoms with Crippen molar-refractivity contribution in [1.82, 2.24) is 4.90 Å². The lowest BCUT2D eigenvalue weighted by Gasteiger charge is -2.25. The summed E-state index contributed by atoms with van der Waals surface area (Å²) in [5.41, 5.74) is 0.943. The zero-order valence-electron chi connectivity index (χ0n) is 13.4. The Morgan fingerprint density at radius 2 is 2.09 bits per heavy atom. The summed E-state index contributed by atoms with van der Waals surface area (Å²) < 4.78 is 26.1. The maximum atomic E-state index is 12.5. The molecule has 1 fully saturated rings. The Balaban J connectivity index is 2.12. The molecular weight excluding hydrogens is 300 g/mol. The molecule has 1 saturated carbocycles. The average molecular weight is 324 g/mol. The van der Waals surface area contributed by atoms with Crippen molar-refractivity contribution in [1.29, 1.82) is 0 Å². The third-order valence-corrected chi connectivity index (χ3v) is 5.58. The van der Waals surface area contributed by atoms with E-state index in [0.29, 0.717) is 23.6 Å². The zero-order valence-corrected chi connectivity index (χ0v) is 14.2. The van der Waals surface area contributed by atoms with Crippen molar-refractivity contribution in [2.75, 3.05) is 17.5 Å². The van der Waals surface area contributed by atoms with Gasteiger partial charge < -0.3 is 4.90 Å². The van der Waals surface area contributed by atoms with Gasteiger partial charge in [-0.1, -0.05) is 13.0 Å². The highest BCUT2D eigenvalue weighted by molar-refractivity contribution is 7.92. The van der Waals surface area contributed by atoms with E-state index in [1.165, 1.54) is 12.8 Å². The fourth-order valence-electron chi connectivity index (χ4n) is 2.50. The van der Waals surface area contributed by atoms with E-state index in [2.05, 4.69) is 11.6 Å². The summed E-state index contributed by atoms with van der Waals surface area (Å²) in [5, 5.41) is 0. The number of nitrogens with zero attached hydrogens (tertiary/aromatic N) is 1. The van der Waals surface area contributed by atoms with Crippen LogP contribution < -0.4 is 4.72 Å². The average Bonchev–Trinajstić information content (AvgIpc) is 3.29. The molecule has 1 aromatic rings. The minimum absolute atomic E-state index is 0.0732. The van der Waals surface area contributed by atoms with Crippen LogP contribution in [0.5, 0.6) is 0 Å². The molecule has 6 heteroatoms. The van der Waals surface area contributed by atoms with Crippen molar-refractivity contribution >= 4 is 21.6 Å². The number of anilines is 1. The van der Waals surface area contributed by atoms with Crippen molar-refractivity contribution in [2.45, 2.75) is 39.2 Å². The molecule has 22 heavy (non-hydrogen) atoms. The molecule has 5 nitrogen and oxygen atoms in total. The topological polar surface area (TPSA) is 66.5 Å². The summed E-state index contributed by atoms with van der Waals surface area (Å²) in [6.07, 6.45) is 2.90. The molecule has 0 radical (unpaired) electrons. The van der Waals surface area contributed by atoms with Crippen molar-refractivity contribution in [3.63, 3.8) is 0 Å². The van der Waals surface area contributed by atoms with Gasteiger partial charge in [-0.2, -0.15) is 0 Å². The fourth-order valence-corrected chi connectivity index (χ4v) is 3.62. The second kappa shape index (κ2) is 6.69. The number of hydrogen-bond acceptors (Lipinski definition) is 3. The molecule has 0 aliphatic heterocycles. The molecule has 0 saturated heterocycles. The van der Waals surface area contributed by atoms with Crippen LogP contribution in [0.1, 0.15) is 43.5 Å². The molecule has 122 valence electrons. The highest BCUT2D eigenvalue weighted by Crippen LogP contribution is 2.35. The molecule has 0 heterocycles. The monoisotopic (exact) mass is 324 g/mol. The highest BCUT2D eigenvalue weighted by atomic mass is 32.2. The number of benzene rings is 1. The van der Waals surface area contributed by atoms with Gasteiger partial charge in [0.15, 0.2) is 0 Å². The van der Waals surface area contributed by atoms with Crippen molar-refractivity contribution in [3.8, 4) is 0 Å². The second-order valence-corrected chi connectivity index (χ2v) is 7.84. The summed E-state index contributed by atoms with van der Waals surface area (Å²) in [4.78, 5) is 14.3. The molecule has 0 bridgehead atoms. The summed E-state index contributed by atoms with van der Waals surface area (Å²) in [6, 6.07) is 6.90. The van der Waals surface area contributed by atoms with Gasteiger partial charge in [0, 0.05) is 24.3 Å². The molecule has 1 amide bonds. The number of hydrogen-bond donors (Lipinski definition) is 1. The van der Waals surface area contributed by atoms with E-state index in [-0.39, 0.29) is 17.7 Å². The van der Waals surface area contributed by atoms with Gasteiger partial charge in [-0.05, 0) is 50.3 Å². The van der Waals surface area contributed by atoms with Crippen LogP contribution in [-0.2, 0) is 10.0 Å². The minimum Gasteiger partial charge on any atom is -0.339 e. The van der Waals surface area contributed by atoms with E-state index >= 15 is 0 Å². The molecular formula is C16H24N2O3S. The largest absolute Gasteiger partial charge is 0.339 e. The van der Waals surface area contributed by atoms with Crippen molar-refractivity contribution in [3.05, 3.63) is 29.8 Å². The lowest BCUT2D eigenvalue weighted by atomic mass is 10.1. The lowest BCUT2D eigenvalue weighted by Crippen LogP contribution is -2.36. The maximum Gasteiger partial charge on any atom is 0.253 e. The summed E-state index contributed by atoms with van der Waals surface area (Å²) in [5.74, 6) is 0.597. The number of sulfonamides is 1. The van der Waals surface area contributed by atoms with Gasteiger partial charge in [-0.3, -0.25) is 9.52 Å². The third kappa shape index (κ3) is 4.22. The fraction of sp³-hybridized carbons (Fsp3) is 0.562. The van der Waals surface area contributed by atoms with E-state index in [9.17, 15) is 13.2 Å². The normalized spacial score (nSPS) is 16.1. The van der Waals surface area contributed by atoms with E-state index in [1.807, 2.05) is 6.92 Å². The Labute approximate surface area is 132 Å². The first-order chi connectivity index (χ1) is 10.3. The van der Waals surface area contributed by atoms with Crippen LogP contribution in [0.25, 0.3) is 0 Å². The van der Waals surface area contributed by atoms with Gasteiger partial charge in [0.25, 0.3) is 5.91 Å². The molecule has 1 unspecified atom stereocenters. The molecule has 1 aliphatic rings. The Kier molecular flexibility index (Phi) is 5.11. The predicted octanol–water partition coefficient (Wildman–Crippen LogP) is 2.71. The third-order valence-electron chi connectivity index (χ3n) is 4.09. The first kappa shape index (κ1) is 16.8. The van der Waals surface area contributed by atoms with E-state index in [4.69, 9.17) is 0 Å². The van der Waals surface area contributed by atoms with Crippen LogP contribution in [0.3, 0.4) is 0 Å². The molecule has 0 aromatic heterocycles. The highest BCUT2D eigenvalue weighted by Gasteiger charge is 2.32. The summed E-state index contributed by atoms with van der Waals surface area (Å²) >= 11 is 0. The zero-order chi connectivity index (χ0) is 16.3. The first-order valence-electron chi connectivity index (χ1n) is 7.71. The Morgan fingerprint density at radius 1 is 1.41 bits per heavy atom. The van der Waals surface area contributed by atoms with Crippen LogP contribution in [0, 0.1) is 5.92 Å². The molecule has 1 aromatic carbocycles. The Hall–Kier alpha value is -1.56. The Bertz CT molecular complexity index is 639. The van der Waals surface area contributed by atoms with Crippen molar-refractivity contribution in [2.24, 2.45) is 5.92 Å². The molecule has 1 N–H and O–H groups in total. The number of amides is 1. The number of carbonyl (C=O) groups is 1. The molecule has 0 spiro atoms. The van der Waals surface area contributed by atoms with Gasteiger partial charge >= 0.3 is 0 Å². The van der Waals surface area contributed by atoms with Gasteiger partial charge in [0.05, 0.1) is 5.75 Å². The predicted molar refractivity (Wildman–Crippen MR) is 88.4 cm³/mol. The quantitative estimate of drug-likeness (QED) is 0.838. The van der Waals surface area contributed by atoms with E-state index in [1.54, 1.807) is 36.2 Å². The number of nitrogens with one attached hydrogen (secondary N) is 1. The molecule has 1 atom stereocenters. The Morgan fingerprint density at radius 3 is 2.68 bits per heavy atom. The SMILES string of the molecule is CCCS(=O)(=O)Nc1cccc(C(=O)N(C)C(C)C2CC2)c1. The second-order valence-electron chi connectivity index (χ2n) is 6.00. The van der Waals surface area contributed by atoms with Crippen LogP contribution in [0.2, 0.25) is 0 Å². The molecule has 2 rings (SSSR count). The number of rotatable bonds is 7. The maximum absolute atomic E-state index is 12.5. The smallest absolute Gasteiger partial charge is 0.253 e. The molecule has 1 aliphatic carbocycles. The van der Waals surface area contributed by atoms with E-state index < -0.39 is 10.0 Å².